The van der Waals surface area contributed by atoms with Gasteiger partial charge in [0, 0.05) is 5.56 Å². The Morgan fingerprint density at radius 2 is 1.90 bits per heavy atom. The smallest absolute Gasteiger partial charge is 0.313 e. The zero-order chi connectivity index (χ0) is 21.0. The summed E-state index contributed by atoms with van der Waals surface area (Å²) in [5.41, 5.74) is 0.169. The van der Waals surface area contributed by atoms with Gasteiger partial charge in [0.25, 0.3) is 10.0 Å². The third kappa shape index (κ3) is 4.37. The van der Waals surface area contributed by atoms with Gasteiger partial charge in [0.05, 0.1) is 19.1 Å². The molecule has 10 heteroatoms. The molecule has 0 atom stereocenters. The van der Waals surface area contributed by atoms with Crippen molar-refractivity contribution in [2.75, 3.05) is 18.9 Å². The molecule has 0 aliphatic carbocycles. The molecule has 8 nitrogen and oxygen atoms in total. The Bertz CT molecular complexity index is 1130. The van der Waals surface area contributed by atoms with Crippen LogP contribution >= 0.6 is 0 Å². The first-order valence-electron chi connectivity index (χ1n) is 8.33. The van der Waals surface area contributed by atoms with Gasteiger partial charge < -0.3 is 14.0 Å². The second kappa shape index (κ2) is 8.31. The highest BCUT2D eigenvalue weighted by atomic mass is 32.2. The second-order valence-corrected chi connectivity index (χ2v) is 7.53. The van der Waals surface area contributed by atoms with Crippen molar-refractivity contribution in [2.45, 2.75) is 11.3 Å². The summed E-state index contributed by atoms with van der Waals surface area (Å²) in [6.45, 7) is 0. The minimum Gasteiger partial charge on any atom is -0.494 e. The first kappa shape index (κ1) is 20.3. The van der Waals surface area contributed by atoms with E-state index in [0.717, 1.165) is 6.07 Å². The summed E-state index contributed by atoms with van der Waals surface area (Å²) in [6.07, 6.45) is -0.366. The molecule has 29 heavy (non-hydrogen) atoms. The number of anilines is 1. The van der Waals surface area contributed by atoms with Crippen molar-refractivity contribution in [1.29, 1.82) is 0 Å². The molecule has 0 aliphatic heterocycles. The predicted octanol–water partition coefficient (Wildman–Crippen LogP) is 3.01. The number of benzene rings is 2. The number of halogens is 1. The van der Waals surface area contributed by atoms with Gasteiger partial charge in [-0.2, -0.15) is 0 Å². The van der Waals surface area contributed by atoms with Crippen LogP contribution in [0.25, 0.3) is 11.3 Å². The Hall–Kier alpha value is -3.40. The van der Waals surface area contributed by atoms with E-state index < -0.39 is 21.8 Å². The molecule has 1 heterocycles. The number of carbonyl (C=O) groups excluding carboxylic acids is 1. The number of nitrogens with one attached hydrogen (secondary N) is 1. The number of hydrogen-bond acceptors (Lipinski definition) is 7. The Kier molecular flexibility index (Phi) is 5.83. The molecule has 152 valence electrons. The monoisotopic (exact) mass is 420 g/mol. The van der Waals surface area contributed by atoms with Crippen LogP contribution in [0.15, 0.2) is 57.9 Å². The molecule has 0 radical (unpaired) electrons. The number of hydrogen-bond donors (Lipinski definition) is 1. The summed E-state index contributed by atoms with van der Waals surface area (Å²) in [5, 5.41) is 3.83. The van der Waals surface area contributed by atoms with Crippen molar-refractivity contribution in [3.8, 4) is 17.0 Å². The number of carbonyl (C=O) groups is 1. The third-order valence-electron chi connectivity index (χ3n) is 4.01. The van der Waals surface area contributed by atoms with Crippen LogP contribution in [-0.4, -0.2) is 33.8 Å². The minimum absolute atomic E-state index is 0.00270. The van der Waals surface area contributed by atoms with Crippen LogP contribution in [0.3, 0.4) is 0 Å². The van der Waals surface area contributed by atoms with E-state index in [1.807, 2.05) is 0 Å². The fourth-order valence-corrected chi connectivity index (χ4v) is 3.67. The molecule has 0 spiro atoms. The van der Waals surface area contributed by atoms with E-state index >= 15 is 0 Å². The molecular weight excluding hydrogens is 403 g/mol. The van der Waals surface area contributed by atoms with Gasteiger partial charge >= 0.3 is 5.97 Å². The van der Waals surface area contributed by atoms with Crippen LogP contribution < -0.4 is 9.46 Å². The molecule has 1 aromatic heterocycles. The van der Waals surface area contributed by atoms with Gasteiger partial charge in [0.1, 0.15) is 17.8 Å². The molecule has 3 aromatic rings. The van der Waals surface area contributed by atoms with E-state index in [1.165, 1.54) is 38.5 Å². The number of rotatable bonds is 7. The van der Waals surface area contributed by atoms with Crippen LogP contribution in [0.1, 0.15) is 5.76 Å². The predicted molar refractivity (Wildman–Crippen MR) is 101 cm³/mol. The van der Waals surface area contributed by atoms with Gasteiger partial charge in [-0.1, -0.05) is 23.4 Å². The zero-order valence-corrected chi connectivity index (χ0v) is 16.3. The number of methoxy groups -OCH3 is 2. The Morgan fingerprint density at radius 1 is 1.17 bits per heavy atom. The first-order chi connectivity index (χ1) is 13.9. The van der Waals surface area contributed by atoms with Crippen LogP contribution in [0.5, 0.6) is 5.75 Å². The van der Waals surface area contributed by atoms with E-state index in [4.69, 9.17) is 9.26 Å². The van der Waals surface area contributed by atoms with Crippen LogP contribution in [0, 0.1) is 5.82 Å². The fraction of sp³-hybridized carbons (Fsp3) is 0.158. The highest BCUT2D eigenvalue weighted by molar-refractivity contribution is 7.92. The Balaban J connectivity index is 2.08. The fourth-order valence-electron chi connectivity index (χ4n) is 2.56. The van der Waals surface area contributed by atoms with Gasteiger partial charge in [-0.05, 0) is 30.3 Å². The molecule has 0 unspecified atom stereocenters. The first-order valence-corrected chi connectivity index (χ1v) is 9.81. The highest BCUT2D eigenvalue weighted by Gasteiger charge is 2.26. The quantitative estimate of drug-likeness (QED) is 0.586. The average molecular weight is 420 g/mol. The largest absolute Gasteiger partial charge is 0.494 e. The highest BCUT2D eigenvalue weighted by Crippen LogP contribution is 2.34. The van der Waals surface area contributed by atoms with Crippen LogP contribution in [0.4, 0.5) is 10.1 Å². The minimum atomic E-state index is -4.02. The SMILES string of the molecule is COC(=O)Cc1onc(-c2ccc(OC)c(F)c2)c1NS(=O)(=O)c1ccccc1. The molecule has 0 fully saturated rings. The van der Waals surface area contributed by atoms with E-state index in [1.54, 1.807) is 18.2 Å². The van der Waals surface area contributed by atoms with Crippen molar-refractivity contribution in [3.05, 3.63) is 60.1 Å². The summed E-state index contributed by atoms with van der Waals surface area (Å²) in [4.78, 5) is 11.7. The molecule has 0 bridgehead atoms. The van der Waals surface area contributed by atoms with E-state index in [2.05, 4.69) is 14.6 Å². The number of nitrogens with zero attached hydrogens (tertiary/aromatic N) is 1. The standard InChI is InChI=1S/C19H17FN2O6S/c1-26-15-9-8-12(10-14(15)20)18-19(16(28-21-18)11-17(23)27-2)22-29(24,25)13-6-4-3-5-7-13/h3-10,22H,11H2,1-2H3. The average Bonchev–Trinajstić information content (AvgIpc) is 3.09. The molecule has 0 aliphatic rings. The van der Waals surface area contributed by atoms with Gasteiger partial charge in [0.2, 0.25) is 0 Å². The van der Waals surface area contributed by atoms with Crippen molar-refractivity contribution in [2.24, 2.45) is 0 Å². The van der Waals surface area contributed by atoms with Crippen molar-refractivity contribution in [1.82, 2.24) is 5.16 Å². The molecular formula is C19H17FN2O6S. The summed E-state index contributed by atoms with van der Waals surface area (Å²) in [6, 6.07) is 11.6. The molecule has 2 aromatic carbocycles. The molecule has 3 rings (SSSR count). The molecule has 1 N–H and O–H groups in total. The number of sulfonamides is 1. The van der Waals surface area contributed by atoms with E-state index in [9.17, 15) is 17.6 Å². The van der Waals surface area contributed by atoms with Crippen LogP contribution in [0.2, 0.25) is 0 Å². The third-order valence-corrected chi connectivity index (χ3v) is 5.38. The Labute approximate surface area is 166 Å². The number of esters is 1. The van der Waals surface area contributed by atoms with Gasteiger partial charge in [0.15, 0.2) is 17.3 Å². The maximum Gasteiger partial charge on any atom is 0.313 e. The summed E-state index contributed by atoms with van der Waals surface area (Å²) in [5.74, 6) is -1.38. The van der Waals surface area contributed by atoms with Crippen LogP contribution in [-0.2, 0) is 26.0 Å². The zero-order valence-electron chi connectivity index (χ0n) is 15.5. The van der Waals surface area contributed by atoms with Gasteiger partial charge in [-0.3, -0.25) is 9.52 Å². The second-order valence-electron chi connectivity index (χ2n) is 5.85. The maximum absolute atomic E-state index is 14.1. The lowest BCUT2D eigenvalue weighted by atomic mass is 10.1. The van der Waals surface area contributed by atoms with Gasteiger partial charge in [-0.15, -0.1) is 0 Å². The number of ether oxygens (including phenoxy) is 2. The maximum atomic E-state index is 14.1. The van der Waals surface area contributed by atoms with Crippen molar-refractivity contribution in [3.63, 3.8) is 0 Å². The normalized spacial score (nSPS) is 11.1. The lowest BCUT2D eigenvalue weighted by molar-refractivity contribution is -0.140. The van der Waals surface area contributed by atoms with E-state index in [-0.39, 0.29) is 39.8 Å². The summed E-state index contributed by atoms with van der Waals surface area (Å²) < 4.78 is 56.7. The van der Waals surface area contributed by atoms with Gasteiger partial charge in [-0.25, -0.2) is 12.8 Å². The molecule has 0 amide bonds. The summed E-state index contributed by atoms with van der Waals surface area (Å²) in [7, 11) is -1.51. The van der Waals surface area contributed by atoms with Crippen molar-refractivity contribution < 1.29 is 31.6 Å². The van der Waals surface area contributed by atoms with E-state index in [0.29, 0.717) is 0 Å². The molecule has 0 saturated heterocycles. The number of aromatic nitrogens is 1. The summed E-state index contributed by atoms with van der Waals surface area (Å²) >= 11 is 0. The Morgan fingerprint density at radius 3 is 2.52 bits per heavy atom. The lowest BCUT2D eigenvalue weighted by Crippen LogP contribution is -2.15. The topological polar surface area (TPSA) is 108 Å². The molecule has 0 saturated carbocycles. The lowest BCUT2D eigenvalue weighted by Gasteiger charge is -2.10. The van der Waals surface area contributed by atoms with Crippen molar-refractivity contribution >= 4 is 21.7 Å².